The first-order valence-electron chi connectivity index (χ1n) is 8.39. The van der Waals surface area contributed by atoms with Crippen LogP contribution >= 0.6 is 0 Å². The van der Waals surface area contributed by atoms with Crippen LogP contribution in [0.15, 0.2) is 24.5 Å². The van der Waals surface area contributed by atoms with Gasteiger partial charge in [-0.2, -0.15) is 0 Å². The van der Waals surface area contributed by atoms with Crippen molar-refractivity contribution in [1.82, 2.24) is 9.88 Å². The van der Waals surface area contributed by atoms with Crippen molar-refractivity contribution < 1.29 is 19.4 Å². The van der Waals surface area contributed by atoms with Gasteiger partial charge in [0.25, 0.3) is 0 Å². The smallest absolute Gasteiger partial charge is 0.226 e. The maximum atomic E-state index is 12.7. The fourth-order valence-electron chi connectivity index (χ4n) is 3.88. The summed E-state index contributed by atoms with van der Waals surface area (Å²) in [7, 11) is 0. The van der Waals surface area contributed by atoms with Gasteiger partial charge in [0.1, 0.15) is 18.0 Å². The van der Waals surface area contributed by atoms with Crippen molar-refractivity contribution in [2.24, 2.45) is 5.92 Å². The Morgan fingerprint density at radius 2 is 2.30 bits per heavy atom. The second-order valence-corrected chi connectivity index (χ2v) is 6.70. The fourth-order valence-corrected chi connectivity index (χ4v) is 3.88. The molecule has 0 aromatic carbocycles. The lowest BCUT2D eigenvalue weighted by atomic mass is 9.81. The van der Waals surface area contributed by atoms with Crippen molar-refractivity contribution in [3.8, 4) is 5.75 Å². The van der Waals surface area contributed by atoms with E-state index in [9.17, 15) is 9.90 Å². The summed E-state index contributed by atoms with van der Waals surface area (Å²) in [4.78, 5) is 18.7. The van der Waals surface area contributed by atoms with E-state index >= 15 is 0 Å². The summed E-state index contributed by atoms with van der Waals surface area (Å²) in [5, 5.41) is 9.46. The quantitative estimate of drug-likeness (QED) is 0.900. The predicted molar refractivity (Wildman–Crippen MR) is 81.9 cm³/mol. The molecule has 0 radical (unpaired) electrons. The molecule has 1 aliphatic carbocycles. The number of carbonyl (C=O) groups is 1. The highest BCUT2D eigenvalue weighted by atomic mass is 16.5. The number of ether oxygens (including phenoxy) is 2. The normalized spacial score (nSPS) is 36.2. The summed E-state index contributed by atoms with van der Waals surface area (Å²) in [6.07, 6.45) is 5.95. The van der Waals surface area contributed by atoms with E-state index in [0.29, 0.717) is 25.1 Å². The Labute approximate surface area is 135 Å². The van der Waals surface area contributed by atoms with E-state index in [0.717, 1.165) is 19.4 Å². The van der Waals surface area contributed by atoms with Crippen LogP contribution in [0.1, 0.15) is 25.7 Å². The van der Waals surface area contributed by atoms with E-state index in [1.54, 1.807) is 12.4 Å². The van der Waals surface area contributed by atoms with Gasteiger partial charge < -0.3 is 19.5 Å². The number of aliphatic hydroxyl groups excluding tert-OH is 1. The van der Waals surface area contributed by atoms with E-state index in [1.165, 1.54) is 0 Å². The highest BCUT2D eigenvalue weighted by molar-refractivity contribution is 5.80. The number of rotatable bonds is 3. The van der Waals surface area contributed by atoms with E-state index in [1.807, 2.05) is 17.0 Å². The number of carbonyl (C=O) groups excluding carboxylic acids is 1. The van der Waals surface area contributed by atoms with Gasteiger partial charge in [0.15, 0.2) is 0 Å². The largest absolute Gasteiger partial charge is 0.484 e. The SMILES string of the molecule is O=C(C1CC(O)C1)N1C[C@H](Oc2cccnc2)[C@H]2OCCC[C@H]21. The molecule has 1 N–H and O–H groups in total. The van der Waals surface area contributed by atoms with Crippen LogP contribution in [0.4, 0.5) is 0 Å². The van der Waals surface area contributed by atoms with Crippen molar-refractivity contribution in [1.29, 1.82) is 0 Å². The van der Waals surface area contributed by atoms with E-state index < -0.39 is 0 Å². The van der Waals surface area contributed by atoms with Crippen LogP contribution < -0.4 is 4.74 Å². The summed E-state index contributed by atoms with van der Waals surface area (Å²) in [5.41, 5.74) is 0. The summed E-state index contributed by atoms with van der Waals surface area (Å²) in [6, 6.07) is 3.80. The molecule has 1 aromatic rings. The van der Waals surface area contributed by atoms with Crippen molar-refractivity contribution in [3.05, 3.63) is 24.5 Å². The number of pyridine rings is 1. The highest BCUT2D eigenvalue weighted by Gasteiger charge is 2.49. The Balaban J connectivity index is 1.49. The van der Waals surface area contributed by atoms with Crippen LogP contribution in [0, 0.1) is 5.92 Å². The number of amides is 1. The number of aromatic nitrogens is 1. The van der Waals surface area contributed by atoms with Gasteiger partial charge in [-0.25, -0.2) is 0 Å². The molecule has 0 spiro atoms. The molecular weight excluding hydrogens is 296 g/mol. The average Bonchev–Trinajstić information content (AvgIpc) is 2.91. The molecule has 6 nitrogen and oxygen atoms in total. The van der Waals surface area contributed by atoms with Gasteiger partial charge in [-0.1, -0.05) is 0 Å². The summed E-state index contributed by atoms with van der Waals surface area (Å²) in [5.74, 6) is 0.816. The van der Waals surface area contributed by atoms with Gasteiger partial charge in [0.2, 0.25) is 5.91 Å². The molecule has 1 aromatic heterocycles. The van der Waals surface area contributed by atoms with E-state index in [-0.39, 0.29) is 36.2 Å². The third kappa shape index (κ3) is 2.81. The van der Waals surface area contributed by atoms with Crippen LogP contribution in [0.2, 0.25) is 0 Å². The third-order valence-corrected chi connectivity index (χ3v) is 5.14. The minimum absolute atomic E-state index is 0.0373. The highest BCUT2D eigenvalue weighted by Crippen LogP contribution is 2.36. The molecule has 3 heterocycles. The Morgan fingerprint density at radius 1 is 1.43 bits per heavy atom. The van der Waals surface area contributed by atoms with Crippen LogP contribution in [0.5, 0.6) is 5.75 Å². The summed E-state index contributed by atoms with van der Waals surface area (Å²) in [6.45, 7) is 1.27. The van der Waals surface area contributed by atoms with Crippen LogP contribution in [0.3, 0.4) is 0 Å². The molecule has 4 rings (SSSR count). The zero-order chi connectivity index (χ0) is 15.8. The molecule has 3 atom stereocenters. The number of fused-ring (bicyclic) bond motifs is 1. The van der Waals surface area contributed by atoms with E-state index in [4.69, 9.17) is 9.47 Å². The molecule has 0 unspecified atom stereocenters. The van der Waals surface area contributed by atoms with Crippen LogP contribution in [0.25, 0.3) is 0 Å². The van der Waals surface area contributed by atoms with Crippen molar-refractivity contribution in [2.45, 2.75) is 50.0 Å². The number of nitrogens with zero attached hydrogens (tertiary/aromatic N) is 2. The minimum atomic E-state index is -0.313. The molecule has 2 saturated heterocycles. The van der Waals surface area contributed by atoms with Gasteiger partial charge in [-0.3, -0.25) is 9.78 Å². The molecular formula is C17H22N2O4. The predicted octanol–water partition coefficient (Wildman–Crippen LogP) is 0.990. The van der Waals surface area contributed by atoms with Gasteiger partial charge in [0, 0.05) is 18.7 Å². The maximum Gasteiger partial charge on any atom is 0.226 e. The standard InChI is InChI=1S/C17H22N2O4/c20-12-7-11(8-12)17(21)19-10-15(16-14(19)4-2-6-22-16)23-13-3-1-5-18-9-13/h1,3,5,9,11-12,14-16,20H,2,4,6-8,10H2/t11?,12?,14-,15+,16+/m1/s1. The molecule has 1 saturated carbocycles. The van der Waals surface area contributed by atoms with Gasteiger partial charge in [-0.05, 0) is 37.8 Å². The average molecular weight is 318 g/mol. The Kier molecular flexibility index (Phi) is 3.95. The second kappa shape index (κ2) is 6.09. The fraction of sp³-hybridized carbons (Fsp3) is 0.647. The Hall–Kier alpha value is -1.66. The number of aliphatic hydroxyl groups is 1. The topological polar surface area (TPSA) is 71.9 Å². The Morgan fingerprint density at radius 3 is 3.04 bits per heavy atom. The van der Waals surface area contributed by atoms with Crippen LogP contribution in [-0.2, 0) is 9.53 Å². The molecule has 2 aliphatic heterocycles. The third-order valence-electron chi connectivity index (χ3n) is 5.14. The maximum absolute atomic E-state index is 12.7. The van der Waals surface area contributed by atoms with Gasteiger partial charge in [-0.15, -0.1) is 0 Å². The molecule has 23 heavy (non-hydrogen) atoms. The minimum Gasteiger partial charge on any atom is -0.484 e. The van der Waals surface area contributed by atoms with Crippen molar-refractivity contribution in [2.75, 3.05) is 13.2 Å². The number of likely N-dealkylation sites (tertiary alicyclic amines) is 1. The van der Waals surface area contributed by atoms with Crippen LogP contribution in [-0.4, -0.2) is 58.4 Å². The first-order valence-corrected chi connectivity index (χ1v) is 8.39. The molecule has 6 heteroatoms. The monoisotopic (exact) mass is 318 g/mol. The van der Waals surface area contributed by atoms with Gasteiger partial charge in [0.05, 0.1) is 24.9 Å². The molecule has 124 valence electrons. The molecule has 0 bridgehead atoms. The first kappa shape index (κ1) is 14.9. The molecule has 3 aliphatic rings. The summed E-state index contributed by atoms with van der Waals surface area (Å²) >= 11 is 0. The van der Waals surface area contributed by atoms with E-state index in [2.05, 4.69) is 4.98 Å². The second-order valence-electron chi connectivity index (χ2n) is 6.70. The zero-order valence-corrected chi connectivity index (χ0v) is 13.0. The zero-order valence-electron chi connectivity index (χ0n) is 13.0. The summed E-state index contributed by atoms with van der Waals surface area (Å²) < 4.78 is 12.0. The lowest BCUT2D eigenvalue weighted by Crippen LogP contribution is -2.48. The molecule has 3 fully saturated rings. The van der Waals surface area contributed by atoms with Crippen molar-refractivity contribution >= 4 is 5.91 Å². The number of hydrogen-bond donors (Lipinski definition) is 1. The van der Waals surface area contributed by atoms with Crippen molar-refractivity contribution in [3.63, 3.8) is 0 Å². The Bertz CT molecular complexity index is 561. The van der Waals surface area contributed by atoms with Gasteiger partial charge >= 0.3 is 0 Å². The molecule has 1 amide bonds. The lowest BCUT2D eigenvalue weighted by molar-refractivity contribution is -0.145. The lowest BCUT2D eigenvalue weighted by Gasteiger charge is -2.37. The first-order chi connectivity index (χ1) is 11.2. The number of hydrogen-bond acceptors (Lipinski definition) is 5.